The summed E-state index contributed by atoms with van der Waals surface area (Å²) in [5.41, 5.74) is 2.38. The molecule has 0 aliphatic carbocycles. The summed E-state index contributed by atoms with van der Waals surface area (Å²) in [6.45, 7) is 3.11. The highest BCUT2D eigenvalue weighted by Crippen LogP contribution is 2.19. The molecule has 0 radical (unpaired) electrons. The molecule has 0 aliphatic heterocycles. The maximum atomic E-state index is 11.8. The first-order valence-corrected chi connectivity index (χ1v) is 9.43. The SMILES string of the molecule is CC(=O)Nc1ccc(NC(=O)COC(=O)CCSc2ccc(C)cc2)cc1. The third-order valence-corrected chi connectivity index (χ3v) is 4.46. The van der Waals surface area contributed by atoms with Crippen molar-refractivity contribution in [3.8, 4) is 0 Å². The van der Waals surface area contributed by atoms with E-state index in [1.165, 1.54) is 12.5 Å². The lowest BCUT2D eigenvalue weighted by Gasteiger charge is -2.08. The van der Waals surface area contributed by atoms with Crippen LogP contribution in [-0.2, 0) is 19.1 Å². The molecule has 2 amide bonds. The summed E-state index contributed by atoms with van der Waals surface area (Å²) >= 11 is 1.57. The van der Waals surface area contributed by atoms with Gasteiger partial charge in [-0.2, -0.15) is 0 Å². The third kappa shape index (κ3) is 7.96. The van der Waals surface area contributed by atoms with Crippen molar-refractivity contribution in [2.24, 2.45) is 0 Å². The molecule has 7 heteroatoms. The van der Waals surface area contributed by atoms with Gasteiger partial charge >= 0.3 is 5.97 Å². The van der Waals surface area contributed by atoms with Gasteiger partial charge in [0.25, 0.3) is 5.91 Å². The molecule has 0 saturated carbocycles. The standard InChI is InChI=1S/C20H22N2O4S/c1-14-3-9-18(10-4-14)27-12-11-20(25)26-13-19(24)22-17-7-5-16(6-8-17)21-15(2)23/h3-10H,11-13H2,1-2H3,(H,21,23)(H,22,24). The van der Waals surface area contributed by atoms with Gasteiger partial charge in [0.05, 0.1) is 6.42 Å². The zero-order valence-electron chi connectivity index (χ0n) is 15.3. The highest BCUT2D eigenvalue weighted by atomic mass is 32.2. The van der Waals surface area contributed by atoms with Gasteiger partial charge in [-0.25, -0.2) is 0 Å². The van der Waals surface area contributed by atoms with Gasteiger partial charge in [0.1, 0.15) is 0 Å². The summed E-state index contributed by atoms with van der Waals surface area (Å²) in [6, 6.07) is 14.7. The van der Waals surface area contributed by atoms with E-state index in [4.69, 9.17) is 4.74 Å². The highest BCUT2D eigenvalue weighted by molar-refractivity contribution is 7.99. The molecule has 0 atom stereocenters. The number of rotatable bonds is 8. The Kier molecular flexibility index (Phi) is 7.88. The number of aryl methyl sites for hydroxylation is 1. The Hall–Kier alpha value is -2.80. The van der Waals surface area contributed by atoms with Crippen LogP contribution in [0.15, 0.2) is 53.4 Å². The van der Waals surface area contributed by atoms with Crippen molar-refractivity contribution in [2.45, 2.75) is 25.2 Å². The predicted octanol–water partition coefficient (Wildman–Crippen LogP) is 3.62. The number of carbonyl (C=O) groups is 3. The molecular formula is C20H22N2O4S. The second kappa shape index (κ2) is 10.4. The lowest BCUT2D eigenvalue weighted by molar-refractivity contribution is -0.146. The molecule has 0 spiro atoms. The quantitative estimate of drug-likeness (QED) is 0.535. The number of amides is 2. The summed E-state index contributed by atoms with van der Waals surface area (Å²) in [5, 5.41) is 5.27. The fourth-order valence-electron chi connectivity index (χ4n) is 2.14. The fourth-order valence-corrected chi connectivity index (χ4v) is 2.98. The van der Waals surface area contributed by atoms with Gasteiger partial charge in [0, 0.05) is 28.9 Å². The molecule has 0 bridgehead atoms. The molecule has 6 nitrogen and oxygen atoms in total. The number of thioether (sulfide) groups is 1. The molecule has 2 rings (SSSR count). The van der Waals surface area contributed by atoms with Crippen LogP contribution in [0.25, 0.3) is 0 Å². The fraction of sp³-hybridized carbons (Fsp3) is 0.250. The van der Waals surface area contributed by atoms with E-state index in [0.29, 0.717) is 17.1 Å². The summed E-state index contributed by atoms with van der Waals surface area (Å²) in [6.07, 6.45) is 0.233. The normalized spacial score (nSPS) is 10.1. The van der Waals surface area contributed by atoms with Crippen LogP contribution >= 0.6 is 11.8 Å². The van der Waals surface area contributed by atoms with Crippen molar-refractivity contribution in [3.63, 3.8) is 0 Å². The van der Waals surface area contributed by atoms with Gasteiger partial charge in [0.15, 0.2) is 6.61 Å². The van der Waals surface area contributed by atoms with Gasteiger partial charge in [-0.3, -0.25) is 14.4 Å². The number of anilines is 2. The van der Waals surface area contributed by atoms with E-state index < -0.39 is 11.9 Å². The minimum atomic E-state index is -0.415. The molecule has 27 heavy (non-hydrogen) atoms. The number of ether oxygens (including phenoxy) is 1. The van der Waals surface area contributed by atoms with Crippen LogP contribution in [0.1, 0.15) is 18.9 Å². The average Bonchev–Trinajstić information content (AvgIpc) is 2.63. The number of nitrogens with one attached hydrogen (secondary N) is 2. The number of benzene rings is 2. The second-order valence-corrected chi connectivity index (χ2v) is 7.05. The minimum absolute atomic E-state index is 0.167. The van der Waals surface area contributed by atoms with Gasteiger partial charge < -0.3 is 15.4 Å². The molecule has 0 unspecified atom stereocenters. The molecular weight excluding hydrogens is 364 g/mol. The molecule has 0 aromatic heterocycles. The van der Waals surface area contributed by atoms with Crippen LogP contribution in [-0.4, -0.2) is 30.1 Å². The third-order valence-electron chi connectivity index (χ3n) is 3.45. The van der Waals surface area contributed by atoms with Crippen LogP contribution < -0.4 is 10.6 Å². The van der Waals surface area contributed by atoms with Gasteiger partial charge in [0.2, 0.25) is 5.91 Å². The first kappa shape index (κ1) is 20.5. The van der Waals surface area contributed by atoms with E-state index in [-0.39, 0.29) is 18.9 Å². The van der Waals surface area contributed by atoms with E-state index >= 15 is 0 Å². The van der Waals surface area contributed by atoms with Crippen LogP contribution in [0, 0.1) is 6.92 Å². The Morgan fingerprint density at radius 2 is 1.52 bits per heavy atom. The zero-order valence-corrected chi connectivity index (χ0v) is 16.1. The van der Waals surface area contributed by atoms with Crippen molar-refractivity contribution in [2.75, 3.05) is 23.0 Å². The van der Waals surface area contributed by atoms with E-state index in [1.807, 2.05) is 31.2 Å². The van der Waals surface area contributed by atoms with Crippen molar-refractivity contribution in [1.82, 2.24) is 0 Å². The molecule has 0 aliphatic rings. The van der Waals surface area contributed by atoms with Crippen molar-refractivity contribution in [1.29, 1.82) is 0 Å². The van der Waals surface area contributed by atoms with Gasteiger partial charge in [-0.15, -0.1) is 11.8 Å². The van der Waals surface area contributed by atoms with Crippen LogP contribution in [0.5, 0.6) is 0 Å². The largest absolute Gasteiger partial charge is 0.456 e. The Balaban J connectivity index is 1.66. The number of esters is 1. The van der Waals surface area contributed by atoms with E-state index in [1.54, 1.807) is 36.0 Å². The molecule has 0 saturated heterocycles. The van der Waals surface area contributed by atoms with E-state index in [9.17, 15) is 14.4 Å². The number of hydrogen-bond acceptors (Lipinski definition) is 5. The lowest BCUT2D eigenvalue weighted by Crippen LogP contribution is -2.21. The maximum Gasteiger partial charge on any atom is 0.307 e. The second-order valence-electron chi connectivity index (χ2n) is 5.88. The maximum absolute atomic E-state index is 11.8. The first-order chi connectivity index (χ1) is 12.9. The smallest absolute Gasteiger partial charge is 0.307 e. The highest BCUT2D eigenvalue weighted by Gasteiger charge is 2.08. The molecule has 142 valence electrons. The molecule has 2 aromatic carbocycles. The van der Waals surface area contributed by atoms with Crippen LogP contribution in [0.3, 0.4) is 0 Å². The summed E-state index contributed by atoms with van der Waals surface area (Å²) < 4.78 is 4.99. The van der Waals surface area contributed by atoms with Gasteiger partial charge in [-0.1, -0.05) is 17.7 Å². The minimum Gasteiger partial charge on any atom is -0.456 e. The lowest BCUT2D eigenvalue weighted by atomic mass is 10.2. The summed E-state index contributed by atoms with van der Waals surface area (Å²) in [4.78, 5) is 35.6. The van der Waals surface area contributed by atoms with Crippen LogP contribution in [0.2, 0.25) is 0 Å². The summed E-state index contributed by atoms with van der Waals surface area (Å²) in [7, 11) is 0. The predicted molar refractivity (Wildman–Crippen MR) is 107 cm³/mol. The first-order valence-electron chi connectivity index (χ1n) is 8.45. The Labute approximate surface area is 162 Å². The molecule has 2 N–H and O–H groups in total. The Morgan fingerprint density at radius 1 is 0.926 bits per heavy atom. The monoisotopic (exact) mass is 386 g/mol. The molecule has 2 aromatic rings. The van der Waals surface area contributed by atoms with Crippen molar-refractivity contribution < 1.29 is 19.1 Å². The Bertz CT molecular complexity index is 789. The van der Waals surface area contributed by atoms with E-state index in [0.717, 1.165) is 4.90 Å². The molecule has 0 heterocycles. The average molecular weight is 386 g/mol. The zero-order chi connectivity index (χ0) is 19.6. The number of carbonyl (C=O) groups excluding carboxylic acids is 3. The molecule has 0 fully saturated rings. The van der Waals surface area contributed by atoms with E-state index in [2.05, 4.69) is 10.6 Å². The van der Waals surface area contributed by atoms with Crippen LogP contribution in [0.4, 0.5) is 11.4 Å². The van der Waals surface area contributed by atoms with Crippen molar-refractivity contribution >= 4 is 40.9 Å². The van der Waals surface area contributed by atoms with Gasteiger partial charge in [-0.05, 0) is 43.3 Å². The summed E-state index contributed by atoms with van der Waals surface area (Å²) in [5.74, 6) is -0.402. The number of hydrogen-bond donors (Lipinski definition) is 2. The van der Waals surface area contributed by atoms with Crippen molar-refractivity contribution in [3.05, 3.63) is 54.1 Å². The Morgan fingerprint density at radius 3 is 2.11 bits per heavy atom. The topological polar surface area (TPSA) is 84.5 Å².